The van der Waals surface area contributed by atoms with Gasteiger partial charge < -0.3 is 15.0 Å². The summed E-state index contributed by atoms with van der Waals surface area (Å²) in [6.07, 6.45) is 3.04. The Morgan fingerprint density at radius 1 is 1.36 bits per heavy atom. The zero-order chi connectivity index (χ0) is 23.2. The number of pyridine rings is 1. The van der Waals surface area contributed by atoms with Crippen molar-refractivity contribution in [2.24, 2.45) is 11.8 Å². The van der Waals surface area contributed by atoms with Crippen LogP contribution >= 0.6 is 11.3 Å². The summed E-state index contributed by atoms with van der Waals surface area (Å²) in [5, 5.41) is 10.1. The summed E-state index contributed by atoms with van der Waals surface area (Å²) in [6.45, 7) is 1.96. The van der Waals surface area contributed by atoms with Gasteiger partial charge in [0.25, 0.3) is 0 Å². The average Bonchev–Trinajstić information content (AvgIpc) is 3.35. The zero-order valence-corrected chi connectivity index (χ0v) is 19.2. The Kier molecular flexibility index (Phi) is 5.67. The lowest BCUT2D eigenvalue weighted by Crippen LogP contribution is -2.55. The molecule has 176 valence electrons. The van der Waals surface area contributed by atoms with Gasteiger partial charge in [-0.3, -0.25) is 0 Å². The molecule has 33 heavy (non-hydrogen) atoms. The molecule has 3 atom stereocenters. The molecule has 0 amide bonds. The number of nitrogens with one attached hydrogen (secondary N) is 1. The van der Waals surface area contributed by atoms with Crippen LogP contribution in [0.15, 0.2) is 36.3 Å². The molecule has 3 aromatic heterocycles. The quantitative estimate of drug-likeness (QED) is 0.457. The Balaban J connectivity index is 1.29. The van der Waals surface area contributed by atoms with Crippen molar-refractivity contribution in [1.82, 2.24) is 19.6 Å². The van der Waals surface area contributed by atoms with Crippen molar-refractivity contribution in [3.63, 3.8) is 0 Å². The van der Waals surface area contributed by atoms with E-state index in [1.807, 2.05) is 20.2 Å². The predicted molar refractivity (Wildman–Crippen MR) is 121 cm³/mol. The third-order valence-corrected chi connectivity index (χ3v) is 7.32. The largest absolute Gasteiger partial charge is 0.490 e. The van der Waals surface area contributed by atoms with Crippen LogP contribution in [-0.4, -0.2) is 45.5 Å². The highest BCUT2D eigenvalue weighted by molar-refractivity contribution is 7.15. The highest BCUT2D eigenvalue weighted by Gasteiger charge is 2.52. The highest BCUT2D eigenvalue weighted by Crippen LogP contribution is 2.55. The summed E-state index contributed by atoms with van der Waals surface area (Å²) < 4.78 is 44.3. The van der Waals surface area contributed by atoms with Crippen LogP contribution in [-0.2, 0) is 0 Å². The number of anilines is 2. The Morgan fingerprint density at radius 2 is 2.21 bits per heavy atom. The number of hydrogen-bond donors (Lipinski definition) is 1. The van der Waals surface area contributed by atoms with E-state index in [1.165, 1.54) is 18.4 Å². The predicted octanol–water partition coefficient (Wildman–Crippen LogP) is 5.06. The Morgan fingerprint density at radius 3 is 2.91 bits per heavy atom. The van der Waals surface area contributed by atoms with Crippen molar-refractivity contribution in [3.05, 3.63) is 41.3 Å². The lowest BCUT2D eigenvalue weighted by atomic mass is 9.53. The molecule has 5 rings (SSSR count). The topological polar surface area (TPSA) is 67.6 Å². The lowest BCUT2D eigenvalue weighted by Gasteiger charge is -2.55. The fourth-order valence-corrected chi connectivity index (χ4v) is 5.22. The molecule has 0 aromatic carbocycles. The Labute approximate surface area is 193 Å². The smallest absolute Gasteiger partial charge is 0.389 e. The molecule has 3 aromatic rings. The number of fused-ring (bicyclic) bond motifs is 2. The van der Waals surface area contributed by atoms with Gasteiger partial charge in [-0.25, -0.2) is 9.50 Å². The van der Waals surface area contributed by atoms with Crippen molar-refractivity contribution < 1.29 is 17.9 Å². The number of nitrogens with zero attached hydrogens (tertiary/aromatic N) is 5. The van der Waals surface area contributed by atoms with Gasteiger partial charge in [-0.15, -0.1) is 16.4 Å². The SMILES string of the molecule is Cc1ncc(N(C)/C=C2\C3CC[C@H]3[C@H]2Nc2nc3c(OCCCC(F)(F)F)cccn3n2)s1. The first-order chi connectivity index (χ1) is 15.8. The molecule has 11 heteroatoms. The molecule has 0 saturated heterocycles. The normalized spacial score (nSPS) is 23.2. The van der Waals surface area contributed by atoms with Gasteiger partial charge in [0.2, 0.25) is 5.95 Å². The zero-order valence-electron chi connectivity index (χ0n) is 18.3. The van der Waals surface area contributed by atoms with Crippen molar-refractivity contribution in [3.8, 4) is 5.75 Å². The molecule has 2 fully saturated rings. The van der Waals surface area contributed by atoms with Gasteiger partial charge in [0.15, 0.2) is 11.4 Å². The van der Waals surface area contributed by atoms with Gasteiger partial charge in [-0.1, -0.05) is 0 Å². The number of hydrogen-bond acceptors (Lipinski definition) is 7. The average molecular weight is 479 g/mol. The first kappa shape index (κ1) is 22.0. The van der Waals surface area contributed by atoms with Gasteiger partial charge in [-0.05, 0) is 55.7 Å². The molecular weight excluding hydrogens is 453 g/mol. The van der Waals surface area contributed by atoms with Crippen molar-refractivity contribution in [2.75, 3.05) is 23.9 Å². The van der Waals surface area contributed by atoms with E-state index in [-0.39, 0.29) is 19.1 Å². The minimum atomic E-state index is -4.18. The van der Waals surface area contributed by atoms with E-state index in [4.69, 9.17) is 4.74 Å². The van der Waals surface area contributed by atoms with Gasteiger partial charge in [0.05, 0.1) is 23.9 Å². The first-order valence-corrected chi connectivity index (χ1v) is 11.8. The third-order valence-electron chi connectivity index (χ3n) is 6.32. The molecule has 2 aliphatic carbocycles. The fourth-order valence-electron chi connectivity index (χ4n) is 4.51. The molecule has 2 saturated carbocycles. The molecule has 0 spiro atoms. The maximum atomic E-state index is 12.4. The van der Waals surface area contributed by atoms with Crippen molar-refractivity contribution >= 4 is 27.9 Å². The van der Waals surface area contributed by atoms with Crippen LogP contribution in [0.4, 0.5) is 24.1 Å². The van der Waals surface area contributed by atoms with Crippen LogP contribution in [0, 0.1) is 18.8 Å². The molecule has 1 N–H and O–H groups in total. The molecule has 0 radical (unpaired) electrons. The molecule has 0 bridgehead atoms. The summed E-state index contributed by atoms with van der Waals surface area (Å²) in [5.41, 5.74) is 1.82. The number of aryl methyl sites for hydroxylation is 1. The second-order valence-electron chi connectivity index (χ2n) is 8.57. The number of rotatable bonds is 8. The maximum Gasteiger partial charge on any atom is 0.389 e. The molecule has 0 aliphatic heterocycles. The van der Waals surface area contributed by atoms with Gasteiger partial charge in [-0.2, -0.15) is 18.2 Å². The number of alkyl halides is 3. The number of ether oxygens (including phenoxy) is 1. The van der Waals surface area contributed by atoms with E-state index >= 15 is 0 Å². The molecule has 1 unspecified atom stereocenters. The third kappa shape index (κ3) is 4.50. The van der Waals surface area contributed by atoms with E-state index in [0.29, 0.717) is 29.2 Å². The summed E-state index contributed by atoms with van der Waals surface area (Å²) in [7, 11) is 2.04. The number of aromatic nitrogens is 4. The summed E-state index contributed by atoms with van der Waals surface area (Å²) in [5.74, 6) is 2.06. The van der Waals surface area contributed by atoms with Crippen molar-refractivity contribution in [2.45, 2.75) is 44.8 Å². The second-order valence-corrected chi connectivity index (χ2v) is 9.78. The van der Waals surface area contributed by atoms with Gasteiger partial charge in [0.1, 0.15) is 5.00 Å². The van der Waals surface area contributed by atoms with E-state index in [0.717, 1.165) is 10.0 Å². The molecule has 2 aliphatic rings. The number of thiazole rings is 1. The van der Waals surface area contributed by atoms with Crippen LogP contribution in [0.2, 0.25) is 0 Å². The molecule has 3 heterocycles. The second kappa shape index (κ2) is 8.51. The molecule has 7 nitrogen and oxygen atoms in total. The van der Waals surface area contributed by atoms with Crippen LogP contribution < -0.4 is 15.0 Å². The van der Waals surface area contributed by atoms with Gasteiger partial charge in [0, 0.05) is 25.9 Å². The standard InChI is InChI=1S/C22H25F3N6OS/c1-13-26-11-18(33-13)30(2)12-16-14-6-7-15(14)19(16)27-21-28-20-17(5-3-9-31(20)29-21)32-10-4-8-22(23,24)25/h3,5,9,11-12,14-15,19H,4,6-8,10H2,1-2H3,(H,27,29)/b16-12+/t14?,15-,19-/m1/s1. The number of halogens is 3. The van der Waals surface area contributed by atoms with Crippen LogP contribution in [0.3, 0.4) is 0 Å². The highest BCUT2D eigenvalue weighted by atomic mass is 32.1. The molecular formula is C22H25F3N6OS. The van der Waals surface area contributed by atoms with E-state index in [1.54, 1.807) is 34.2 Å². The van der Waals surface area contributed by atoms with Crippen LogP contribution in [0.1, 0.15) is 30.7 Å². The van der Waals surface area contributed by atoms with Crippen molar-refractivity contribution in [1.29, 1.82) is 0 Å². The lowest BCUT2D eigenvalue weighted by molar-refractivity contribution is -0.136. The summed E-state index contributed by atoms with van der Waals surface area (Å²) >= 11 is 1.66. The van der Waals surface area contributed by atoms with Crippen LogP contribution in [0.25, 0.3) is 5.65 Å². The fraction of sp³-hybridized carbons (Fsp3) is 0.500. The summed E-state index contributed by atoms with van der Waals surface area (Å²) in [6, 6.07) is 3.60. The minimum absolute atomic E-state index is 0.0303. The minimum Gasteiger partial charge on any atom is -0.490 e. The van der Waals surface area contributed by atoms with Gasteiger partial charge >= 0.3 is 6.18 Å². The summed E-state index contributed by atoms with van der Waals surface area (Å²) in [4.78, 5) is 11.0. The monoisotopic (exact) mass is 478 g/mol. The van der Waals surface area contributed by atoms with E-state index in [2.05, 4.69) is 31.5 Å². The van der Waals surface area contributed by atoms with Crippen LogP contribution in [0.5, 0.6) is 5.75 Å². The van der Waals surface area contributed by atoms with E-state index in [9.17, 15) is 13.2 Å². The van der Waals surface area contributed by atoms with E-state index < -0.39 is 12.6 Å². The first-order valence-electron chi connectivity index (χ1n) is 11.0. The Bertz CT molecular complexity index is 1170. The Hall–Kier alpha value is -2.82. The maximum absolute atomic E-state index is 12.4.